The zero-order valence-corrected chi connectivity index (χ0v) is 39.5. The molecule has 0 radical (unpaired) electrons. The van der Waals surface area contributed by atoms with E-state index in [0.29, 0.717) is 13.0 Å². The van der Waals surface area contributed by atoms with Crippen LogP contribution in [0.1, 0.15) is 81.5 Å². The third-order valence-corrected chi connectivity index (χ3v) is 13.1. The van der Waals surface area contributed by atoms with Crippen LogP contribution in [0.3, 0.4) is 0 Å². The maximum atomic E-state index is 13.6. The van der Waals surface area contributed by atoms with Gasteiger partial charge in [-0.2, -0.15) is 0 Å². The SMILES string of the molecule is CC(C)[C@H](NC(=O)[C@H](CCC(=O)O)CC(=O)[C@@H](C)CC(=O)O)C(=O)C[C@@H](CC(=O)O)C(=O)NCCN(C)c1ccc(C2=Nc3ccc(C4=Nc5ccc(N6CCN(C)CC6)cc5C4)cc3C2)cc1. The summed E-state index contributed by atoms with van der Waals surface area (Å²) in [7, 11) is 4.02. The number of likely N-dealkylation sites (N-methyl/N-ethyl adjacent to an activating group) is 2. The fourth-order valence-electron chi connectivity index (χ4n) is 8.86. The molecule has 362 valence electrons. The molecule has 4 atom stereocenters. The highest BCUT2D eigenvalue weighted by Gasteiger charge is 2.34. The summed E-state index contributed by atoms with van der Waals surface area (Å²) in [5.74, 6) is -10.1. The van der Waals surface area contributed by atoms with Gasteiger partial charge in [-0.15, -0.1) is 0 Å². The van der Waals surface area contributed by atoms with Crippen LogP contribution in [0.2, 0.25) is 0 Å². The topological polar surface area (TPSA) is 239 Å². The van der Waals surface area contributed by atoms with Gasteiger partial charge in [0, 0.05) is 102 Å². The molecule has 5 N–H and O–H groups in total. The van der Waals surface area contributed by atoms with E-state index in [9.17, 15) is 43.8 Å². The van der Waals surface area contributed by atoms with Gasteiger partial charge in [-0.25, -0.2) is 0 Å². The number of nitrogens with one attached hydrogen (secondary N) is 2. The number of carbonyl (C=O) groups is 7. The predicted molar refractivity (Wildman–Crippen MR) is 259 cm³/mol. The number of anilines is 2. The summed E-state index contributed by atoms with van der Waals surface area (Å²) in [5, 5.41) is 33.3. The Kier molecular flexibility index (Phi) is 17.0. The smallest absolute Gasteiger partial charge is 0.304 e. The molecular formula is C51H63N7O10. The Balaban J connectivity index is 0.994. The summed E-state index contributed by atoms with van der Waals surface area (Å²) >= 11 is 0. The van der Waals surface area contributed by atoms with E-state index >= 15 is 0 Å². The number of Topliss-reactive ketones (excluding diaryl/α,β-unsaturated/α-hetero) is 2. The maximum Gasteiger partial charge on any atom is 0.304 e. The molecule has 0 unspecified atom stereocenters. The minimum absolute atomic E-state index is 0.142. The highest BCUT2D eigenvalue weighted by Crippen LogP contribution is 2.36. The minimum Gasteiger partial charge on any atom is -0.481 e. The fraction of sp³-hybridized carbons (Fsp3) is 0.471. The number of carboxylic acid groups (broad SMARTS) is 3. The quantitative estimate of drug-likeness (QED) is 0.0788. The first-order valence-corrected chi connectivity index (χ1v) is 23.3. The van der Waals surface area contributed by atoms with Crippen molar-refractivity contribution < 1.29 is 48.9 Å². The molecule has 3 aromatic carbocycles. The van der Waals surface area contributed by atoms with E-state index in [1.54, 1.807) is 13.8 Å². The number of hydrogen-bond donors (Lipinski definition) is 5. The van der Waals surface area contributed by atoms with E-state index in [1.807, 2.05) is 36.2 Å². The van der Waals surface area contributed by atoms with Crippen molar-refractivity contribution in [1.29, 1.82) is 0 Å². The lowest BCUT2D eigenvalue weighted by molar-refractivity contribution is -0.143. The van der Waals surface area contributed by atoms with Gasteiger partial charge in [-0.1, -0.05) is 39.0 Å². The third kappa shape index (κ3) is 13.5. The second kappa shape index (κ2) is 22.8. The standard InChI is InChI=1S/C51H63N7O10/c1-30(2)49(55-51(68)34(9-15-46(61)62)27-44(59)31(3)22-47(63)64)45(60)28-37(29-48(65)66)50(67)52-16-17-57(5)38-10-6-32(7-11-38)42-25-35-23-33(8-13-40(35)53-42)43-26-36-24-39(12-14-41(36)54-43)58-20-18-56(4)19-21-58/h6-8,10-14,23-24,30-31,34,37,49H,9,15-22,25-29H2,1-5H3,(H,52,67)(H,55,68)(H,61,62)(H,63,64)(H,65,66)/t31-,34+,37-,49-/m0/s1. The first-order chi connectivity index (χ1) is 32.3. The predicted octanol–water partition coefficient (Wildman–Crippen LogP) is 5.09. The highest BCUT2D eigenvalue weighted by atomic mass is 16.4. The molecule has 3 aliphatic heterocycles. The molecule has 68 heavy (non-hydrogen) atoms. The van der Waals surface area contributed by atoms with Gasteiger partial charge in [0.1, 0.15) is 5.78 Å². The van der Waals surface area contributed by atoms with Crippen LogP contribution in [0.25, 0.3) is 0 Å². The van der Waals surface area contributed by atoms with E-state index < -0.39 is 103 Å². The number of fused-ring (bicyclic) bond motifs is 2. The minimum atomic E-state index is -1.29. The van der Waals surface area contributed by atoms with Crippen LogP contribution in [0, 0.1) is 23.7 Å². The van der Waals surface area contributed by atoms with Crippen molar-refractivity contribution in [2.75, 3.05) is 63.2 Å². The molecule has 17 heteroatoms. The number of amides is 2. The lowest BCUT2D eigenvalue weighted by Gasteiger charge is -2.34. The Hall–Kier alpha value is -6.75. The molecule has 17 nitrogen and oxygen atoms in total. The first-order valence-electron chi connectivity index (χ1n) is 23.3. The Labute approximate surface area is 396 Å². The number of nitrogens with zero attached hydrogens (tertiary/aromatic N) is 5. The van der Waals surface area contributed by atoms with Gasteiger partial charge in [-0.05, 0) is 84.1 Å². The largest absolute Gasteiger partial charge is 0.481 e. The number of carbonyl (C=O) groups excluding carboxylic acids is 4. The molecule has 3 heterocycles. The molecule has 1 fully saturated rings. The molecule has 3 aliphatic rings. The van der Waals surface area contributed by atoms with Crippen molar-refractivity contribution in [3.63, 3.8) is 0 Å². The Morgan fingerprint density at radius 1 is 0.676 bits per heavy atom. The Morgan fingerprint density at radius 3 is 1.88 bits per heavy atom. The van der Waals surface area contributed by atoms with Gasteiger partial charge < -0.3 is 40.7 Å². The average Bonchev–Trinajstić information content (AvgIpc) is 3.93. The number of benzene rings is 3. The van der Waals surface area contributed by atoms with Gasteiger partial charge >= 0.3 is 17.9 Å². The van der Waals surface area contributed by atoms with E-state index in [1.165, 1.54) is 18.2 Å². The summed E-state index contributed by atoms with van der Waals surface area (Å²) in [4.78, 5) is 104. The summed E-state index contributed by atoms with van der Waals surface area (Å²) in [5.41, 5.74) is 10.6. The van der Waals surface area contributed by atoms with Gasteiger partial charge in [0.05, 0.1) is 47.6 Å². The van der Waals surface area contributed by atoms with E-state index in [4.69, 9.17) is 15.1 Å². The second-order valence-corrected chi connectivity index (χ2v) is 18.7. The Morgan fingerprint density at radius 2 is 1.26 bits per heavy atom. The van der Waals surface area contributed by atoms with Crippen LogP contribution in [-0.2, 0) is 46.4 Å². The lowest BCUT2D eigenvalue weighted by atomic mass is 9.87. The van der Waals surface area contributed by atoms with Gasteiger partial charge in [0.15, 0.2) is 5.78 Å². The van der Waals surface area contributed by atoms with Gasteiger partial charge in [0.25, 0.3) is 0 Å². The number of piperazine rings is 1. The molecule has 0 bridgehead atoms. The molecule has 0 aliphatic carbocycles. The van der Waals surface area contributed by atoms with Crippen LogP contribution < -0.4 is 20.4 Å². The van der Waals surface area contributed by atoms with Gasteiger partial charge in [0.2, 0.25) is 11.8 Å². The normalized spacial score (nSPS) is 16.1. The number of aliphatic carboxylic acids is 3. The molecular weight excluding hydrogens is 871 g/mol. The molecule has 0 spiro atoms. The van der Waals surface area contributed by atoms with Crippen molar-refractivity contribution in [1.82, 2.24) is 15.5 Å². The van der Waals surface area contributed by atoms with Crippen molar-refractivity contribution >= 4 is 75.5 Å². The van der Waals surface area contributed by atoms with Crippen LogP contribution in [0.4, 0.5) is 22.7 Å². The molecule has 2 amide bonds. The van der Waals surface area contributed by atoms with E-state index in [-0.39, 0.29) is 13.0 Å². The first kappa shape index (κ1) is 50.7. The molecule has 3 aromatic rings. The highest BCUT2D eigenvalue weighted by molar-refractivity contribution is 6.10. The van der Waals surface area contributed by atoms with Crippen LogP contribution in [-0.4, -0.2) is 132 Å². The van der Waals surface area contributed by atoms with Crippen LogP contribution >= 0.6 is 0 Å². The summed E-state index contributed by atoms with van der Waals surface area (Å²) in [6.07, 6.45) is -1.22. The van der Waals surface area contributed by atoms with Crippen LogP contribution in [0.5, 0.6) is 0 Å². The van der Waals surface area contributed by atoms with E-state index in [2.05, 4.69) is 63.9 Å². The van der Waals surface area contributed by atoms with Crippen molar-refractivity contribution in [2.24, 2.45) is 33.7 Å². The summed E-state index contributed by atoms with van der Waals surface area (Å²) in [6.45, 7) is 9.36. The number of hydrogen-bond acceptors (Lipinski definition) is 12. The van der Waals surface area contributed by atoms with Crippen molar-refractivity contribution in [3.8, 4) is 0 Å². The maximum absolute atomic E-state index is 13.6. The monoisotopic (exact) mass is 933 g/mol. The second-order valence-electron chi connectivity index (χ2n) is 18.7. The van der Waals surface area contributed by atoms with Crippen molar-refractivity contribution in [2.45, 2.75) is 78.2 Å². The van der Waals surface area contributed by atoms with Crippen LogP contribution in [0.15, 0.2) is 70.6 Å². The molecule has 6 rings (SSSR count). The zero-order chi connectivity index (χ0) is 49.2. The summed E-state index contributed by atoms with van der Waals surface area (Å²) in [6, 6.07) is 19.8. The van der Waals surface area contributed by atoms with Gasteiger partial charge in [-0.3, -0.25) is 43.5 Å². The molecule has 1 saturated heterocycles. The molecule has 0 aromatic heterocycles. The Bertz CT molecular complexity index is 2460. The zero-order valence-electron chi connectivity index (χ0n) is 39.5. The fourth-order valence-corrected chi connectivity index (χ4v) is 8.86. The number of rotatable bonds is 24. The summed E-state index contributed by atoms with van der Waals surface area (Å²) < 4.78 is 0. The van der Waals surface area contributed by atoms with E-state index in [0.717, 1.165) is 77.8 Å². The average molecular weight is 934 g/mol. The number of ketones is 2. The molecule has 0 saturated carbocycles. The number of aliphatic imine (C=N–C) groups is 2. The third-order valence-electron chi connectivity index (χ3n) is 13.1. The van der Waals surface area contributed by atoms with Crippen molar-refractivity contribution in [3.05, 3.63) is 82.9 Å². The lowest BCUT2D eigenvalue weighted by Crippen LogP contribution is -2.48. The number of carboxylic acids is 3.